The Bertz CT molecular complexity index is 490. The Morgan fingerprint density at radius 3 is 2.65 bits per heavy atom. The van der Waals surface area contributed by atoms with E-state index in [4.69, 9.17) is 0 Å². The van der Waals surface area contributed by atoms with Crippen LogP contribution in [0.5, 0.6) is 0 Å². The highest BCUT2D eigenvalue weighted by Gasteiger charge is 2.43. The summed E-state index contributed by atoms with van der Waals surface area (Å²) in [4.78, 5) is 13.5. The molecule has 0 atom stereocenters. The largest absolute Gasteiger partial charge is 0.406 e. The molecule has 1 amide bonds. The summed E-state index contributed by atoms with van der Waals surface area (Å²) in [6.07, 6.45) is -1.76. The molecule has 0 bridgehead atoms. The van der Waals surface area contributed by atoms with Crippen LogP contribution >= 0.6 is 0 Å². The summed E-state index contributed by atoms with van der Waals surface area (Å²) >= 11 is 0. The first kappa shape index (κ1) is 14.9. The van der Waals surface area contributed by atoms with Crippen molar-refractivity contribution < 1.29 is 23.1 Å². The Balaban J connectivity index is 2.03. The second-order valence-corrected chi connectivity index (χ2v) is 5.27. The molecule has 0 aromatic carbocycles. The summed E-state index contributed by atoms with van der Waals surface area (Å²) in [5.41, 5.74) is -0.882. The number of amides is 1. The third-order valence-corrected chi connectivity index (χ3v) is 3.37. The molecule has 1 aromatic rings. The van der Waals surface area contributed by atoms with E-state index in [0.29, 0.717) is 6.42 Å². The quantitative estimate of drug-likeness (QED) is 0.922. The number of nitrogens with zero attached hydrogens (tertiary/aromatic N) is 2. The summed E-state index contributed by atoms with van der Waals surface area (Å²) < 4.78 is 38.1. The van der Waals surface area contributed by atoms with E-state index >= 15 is 0 Å². The van der Waals surface area contributed by atoms with Gasteiger partial charge < -0.3 is 14.6 Å². The molecule has 0 spiro atoms. The number of aromatic nitrogens is 1. The second kappa shape index (κ2) is 5.12. The van der Waals surface area contributed by atoms with Crippen LogP contribution in [0.3, 0.4) is 0 Å². The summed E-state index contributed by atoms with van der Waals surface area (Å²) in [5.74, 6) is -0.472. The smallest absolute Gasteiger partial charge is 0.386 e. The first-order valence-corrected chi connectivity index (χ1v) is 6.48. The number of alkyl halides is 3. The summed E-state index contributed by atoms with van der Waals surface area (Å²) in [5, 5.41) is 10.0. The maximum atomic E-state index is 12.4. The Kier molecular flexibility index (Phi) is 3.82. The highest BCUT2D eigenvalue weighted by molar-refractivity contribution is 5.93. The lowest BCUT2D eigenvalue weighted by Gasteiger charge is -2.46. The van der Waals surface area contributed by atoms with Crippen molar-refractivity contribution in [3.8, 4) is 0 Å². The second-order valence-electron chi connectivity index (χ2n) is 5.27. The maximum Gasteiger partial charge on any atom is 0.406 e. The molecule has 0 aliphatic carbocycles. The van der Waals surface area contributed by atoms with E-state index in [1.807, 2.05) is 6.92 Å². The number of rotatable bonds is 4. The van der Waals surface area contributed by atoms with Gasteiger partial charge in [0.15, 0.2) is 0 Å². The number of carbonyl (C=O) groups excluding carboxylic acids is 1. The Morgan fingerprint density at radius 2 is 2.10 bits per heavy atom. The van der Waals surface area contributed by atoms with Crippen LogP contribution in [0.15, 0.2) is 18.3 Å². The highest BCUT2D eigenvalue weighted by Crippen LogP contribution is 2.28. The molecule has 0 radical (unpaired) electrons. The van der Waals surface area contributed by atoms with E-state index in [0.717, 1.165) is 11.0 Å². The average molecular weight is 290 g/mol. The lowest BCUT2D eigenvalue weighted by atomic mass is 9.89. The fourth-order valence-corrected chi connectivity index (χ4v) is 2.53. The molecule has 0 unspecified atom stereocenters. The van der Waals surface area contributed by atoms with Gasteiger partial charge in [-0.2, -0.15) is 13.2 Å². The van der Waals surface area contributed by atoms with Gasteiger partial charge in [0, 0.05) is 6.20 Å². The van der Waals surface area contributed by atoms with Gasteiger partial charge in [0.2, 0.25) is 0 Å². The highest BCUT2D eigenvalue weighted by atomic mass is 19.4. The molecule has 1 fully saturated rings. The van der Waals surface area contributed by atoms with E-state index in [9.17, 15) is 23.1 Å². The van der Waals surface area contributed by atoms with Gasteiger partial charge in [0.05, 0.1) is 18.7 Å². The predicted molar refractivity (Wildman–Crippen MR) is 66.2 cm³/mol. The van der Waals surface area contributed by atoms with Gasteiger partial charge >= 0.3 is 6.18 Å². The van der Waals surface area contributed by atoms with Crippen molar-refractivity contribution in [2.24, 2.45) is 0 Å². The predicted octanol–water partition coefficient (Wildman–Crippen LogP) is 2.04. The number of aliphatic hydroxyl groups is 1. The molecular formula is C13H17F3N2O2. The molecule has 4 nitrogen and oxygen atoms in total. The van der Waals surface area contributed by atoms with Crippen molar-refractivity contribution in [2.45, 2.75) is 38.1 Å². The Hall–Kier alpha value is -1.50. The molecular weight excluding hydrogens is 273 g/mol. The van der Waals surface area contributed by atoms with E-state index in [1.54, 1.807) is 0 Å². The lowest BCUT2D eigenvalue weighted by molar-refractivity contribution is -0.140. The minimum atomic E-state index is -4.37. The standard InChI is InChI=1S/C13H17F3N2O2/c1-2-5-12(20)7-18(8-12)11(19)10-4-3-6-17(10)9-13(14,15)16/h3-4,6,20H,2,5,7-9H2,1H3. The van der Waals surface area contributed by atoms with Gasteiger partial charge in [-0.15, -0.1) is 0 Å². The molecule has 2 rings (SSSR count). The number of hydrogen-bond acceptors (Lipinski definition) is 2. The van der Waals surface area contributed by atoms with Crippen LogP contribution in [0.25, 0.3) is 0 Å². The van der Waals surface area contributed by atoms with Crippen LogP contribution in [-0.4, -0.2) is 45.3 Å². The molecule has 1 aromatic heterocycles. The zero-order chi connectivity index (χ0) is 15.0. The van der Waals surface area contributed by atoms with Crippen LogP contribution in [-0.2, 0) is 6.54 Å². The topological polar surface area (TPSA) is 45.5 Å². The number of likely N-dealkylation sites (tertiary alicyclic amines) is 1. The third kappa shape index (κ3) is 3.15. The van der Waals surface area contributed by atoms with Crippen LogP contribution < -0.4 is 0 Å². The van der Waals surface area contributed by atoms with E-state index in [1.165, 1.54) is 23.2 Å². The molecule has 0 saturated carbocycles. The maximum absolute atomic E-state index is 12.4. The third-order valence-electron chi connectivity index (χ3n) is 3.37. The summed E-state index contributed by atoms with van der Waals surface area (Å²) in [6.45, 7) is 1.10. The van der Waals surface area contributed by atoms with Crippen LogP contribution in [0.1, 0.15) is 30.3 Å². The molecule has 1 aliphatic rings. The van der Waals surface area contributed by atoms with Crippen molar-refractivity contribution in [3.05, 3.63) is 24.0 Å². The van der Waals surface area contributed by atoms with E-state index < -0.39 is 24.2 Å². The number of hydrogen-bond donors (Lipinski definition) is 1. The summed E-state index contributed by atoms with van der Waals surface area (Å²) in [7, 11) is 0. The van der Waals surface area contributed by atoms with Gasteiger partial charge in [-0.1, -0.05) is 13.3 Å². The number of β-amino-alcohol motifs (C(OH)–C–C–N with tert-alkyl or cyclic N) is 1. The van der Waals surface area contributed by atoms with Crippen LogP contribution in [0.4, 0.5) is 13.2 Å². The Labute approximate surface area is 114 Å². The molecule has 112 valence electrons. The number of carbonyl (C=O) groups is 1. The molecule has 20 heavy (non-hydrogen) atoms. The van der Waals surface area contributed by atoms with Crippen molar-refractivity contribution in [2.75, 3.05) is 13.1 Å². The zero-order valence-corrected chi connectivity index (χ0v) is 11.2. The fraction of sp³-hybridized carbons (Fsp3) is 0.615. The van der Waals surface area contributed by atoms with Gasteiger partial charge in [0.25, 0.3) is 5.91 Å². The van der Waals surface area contributed by atoms with Gasteiger partial charge in [0.1, 0.15) is 12.2 Å². The fourth-order valence-electron chi connectivity index (χ4n) is 2.53. The molecule has 7 heteroatoms. The van der Waals surface area contributed by atoms with Gasteiger partial charge in [-0.25, -0.2) is 0 Å². The van der Waals surface area contributed by atoms with Crippen molar-refractivity contribution in [1.82, 2.24) is 9.47 Å². The lowest BCUT2D eigenvalue weighted by Crippen LogP contribution is -2.63. The average Bonchev–Trinajstić information content (AvgIpc) is 2.70. The first-order valence-electron chi connectivity index (χ1n) is 6.48. The normalized spacial score (nSPS) is 17.9. The minimum absolute atomic E-state index is 0.000809. The monoisotopic (exact) mass is 290 g/mol. The molecule has 1 saturated heterocycles. The summed E-state index contributed by atoms with van der Waals surface area (Å²) in [6, 6.07) is 2.78. The molecule has 1 aliphatic heterocycles. The van der Waals surface area contributed by atoms with Gasteiger partial charge in [-0.3, -0.25) is 4.79 Å². The minimum Gasteiger partial charge on any atom is -0.386 e. The molecule has 1 N–H and O–H groups in total. The number of halogens is 3. The first-order chi connectivity index (χ1) is 9.24. The molecule has 2 heterocycles. The van der Waals surface area contributed by atoms with Crippen molar-refractivity contribution in [1.29, 1.82) is 0 Å². The Morgan fingerprint density at radius 1 is 1.45 bits per heavy atom. The van der Waals surface area contributed by atoms with Gasteiger partial charge in [-0.05, 0) is 18.6 Å². The van der Waals surface area contributed by atoms with Crippen molar-refractivity contribution in [3.63, 3.8) is 0 Å². The van der Waals surface area contributed by atoms with E-state index in [2.05, 4.69) is 0 Å². The van der Waals surface area contributed by atoms with E-state index in [-0.39, 0.29) is 18.8 Å². The SMILES string of the molecule is CCCC1(O)CN(C(=O)c2cccn2CC(F)(F)F)C1. The van der Waals surface area contributed by atoms with Crippen LogP contribution in [0, 0.1) is 0 Å². The van der Waals surface area contributed by atoms with Crippen LogP contribution in [0.2, 0.25) is 0 Å². The zero-order valence-electron chi connectivity index (χ0n) is 11.2. The van der Waals surface area contributed by atoms with Crippen molar-refractivity contribution >= 4 is 5.91 Å².